The monoisotopic (exact) mass is 418 g/mol. The highest BCUT2D eigenvalue weighted by Crippen LogP contribution is 2.27. The van der Waals surface area contributed by atoms with Gasteiger partial charge in [-0.3, -0.25) is 4.79 Å². The van der Waals surface area contributed by atoms with Crippen molar-refractivity contribution in [2.24, 2.45) is 5.10 Å². The second-order valence-electron chi connectivity index (χ2n) is 6.69. The number of carbonyl (C=O) groups excluding carboxylic acids is 1. The van der Waals surface area contributed by atoms with Gasteiger partial charge in [-0.1, -0.05) is 18.2 Å². The van der Waals surface area contributed by atoms with Crippen LogP contribution in [0.1, 0.15) is 11.1 Å². The van der Waals surface area contributed by atoms with E-state index < -0.39 is 15.9 Å². The predicted molar refractivity (Wildman–Crippen MR) is 114 cm³/mol. The van der Waals surface area contributed by atoms with Gasteiger partial charge >= 0.3 is 0 Å². The Hall–Kier alpha value is -2.91. The van der Waals surface area contributed by atoms with Crippen LogP contribution < -0.4 is 15.1 Å². The Kier molecular flexibility index (Phi) is 7.35. The van der Waals surface area contributed by atoms with Crippen molar-refractivity contribution >= 4 is 27.8 Å². The predicted octanol–water partition coefficient (Wildman–Crippen LogP) is 1.84. The Morgan fingerprint density at radius 3 is 2.38 bits per heavy atom. The SMILES string of the molecule is COc1ccc(C)cc1S(=O)(=O)N(C)CC(=O)N/N=C/c1ccc(N(C)C)cc1. The molecule has 156 valence electrons. The number of anilines is 1. The molecule has 0 aliphatic carbocycles. The Bertz CT molecular complexity index is 986. The van der Waals surface area contributed by atoms with E-state index in [0.29, 0.717) is 0 Å². The number of nitrogens with zero attached hydrogens (tertiary/aromatic N) is 3. The molecule has 0 aliphatic heterocycles. The number of benzene rings is 2. The van der Waals surface area contributed by atoms with Crippen molar-refractivity contribution in [2.75, 3.05) is 39.7 Å². The highest BCUT2D eigenvalue weighted by Gasteiger charge is 2.26. The number of rotatable bonds is 8. The molecule has 8 nitrogen and oxygen atoms in total. The molecule has 2 aromatic carbocycles. The van der Waals surface area contributed by atoms with Crippen LogP contribution in [0.15, 0.2) is 52.5 Å². The van der Waals surface area contributed by atoms with E-state index in [-0.39, 0.29) is 17.2 Å². The molecule has 0 bridgehead atoms. The molecule has 29 heavy (non-hydrogen) atoms. The highest BCUT2D eigenvalue weighted by atomic mass is 32.2. The maximum Gasteiger partial charge on any atom is 0.255 e. The molecule has 0 spiro atoms. The average molecular weight is 419 g/mol. The minimum atomic E-state index is -3.90. The molecule has 0 saturated carbocycles. The molecule has 9 heteroatoms. The second-order valence-corrected chi connectivity index (χ2v) is 8.71. The van der Waals surface area contributed by atoms with Gasteiger partial charge in [0.15, 0.2) is 0 Å². The molecule has 0 fully saturated rings. The van der Waals surface area contributed by atoms with Crippen molar-refractivity contribution in [3.8, 4) is 5.75 Å². The Morgan fingerprint density at radius 1 is 1.14 bits per heavy atom. The number of nitrogens with one attached hydrogen (secondary N) is 1. The minimum absolute atomic E-state index is 0.0137. The molecule has 1 N–H and O–H groups in total. The number of carbonyl (C=O) groups is 1. The van der Waals surface area contributed by atoms with E-state index in [2.05, 4.69) is 10.5 Å². The van der Waals surface area contributed by atoms with Crippen LogP contribution in [0.2, 0.25) is 0 Å². The third-order valence-electron chi connectivity index (χ3n) is 4.19. The molecule has 0 unspecified atom stereocenters. The van der Waals surface area contributed by atoms with E-state index in [1.807, 2.05) is 43.3 Å². The second kappa shape index (κ2) is 9.53. The topological polar surface area (TPSA) is 91.3 Å². The first-order valence-electron chi connectivity index (χ1n) is 8.85. The number of aryl methyl sites for hydroxylation is 1. The molecule has 0 atom stereocenters. The van der Waals surface area contributed by atoms with Crippen LogP contribution in [0, 0.1) is 6.92 Å². The zero-order valence-corrected chi connectivity index (χ0v) is 18.0. The van der Waals surface area contributed by atoms with Crippen LogP contribution in [0.5, 0.6) is 5.75 Å². The van der Waals surface area contributed by atoms with Gasteiger partial charge in [-0.2, -0.15) is 9.41 Å². The summed E-state index contributed by atoms with van der Waals surface area (Å²) >= 11 is 0. The summed E-state index contributed by atoms with van der Waals surface area (Å²) in [6.07, 6.45) is 1.50. The van der Waals surface area contributed by atoms with Gasteiger partial charge in [0.05, 0.1) is 19.9 Å². The fraction of sp³-hybridized carbons (Fsp3) is 0.300. The number of amides is 1. The van der Waals surface area contributed by atoms with Crippen LogP contribution in [0.4, 0.5) is 5.69 Å². The lowest BCUT2D eigenvalue weighted by Crippen LogP contribution is -2.36. The van der Waals surface area contributed by atoms with Crippen LogP contribution in [-0.2, 0) is 14.8 Å². The van der Waals surface area contributed by atoms with Gasteiger partial charge in [-0.25, -0.2) is 13.8 Å². The molecule has 2 rings (SSSR count). The van der Waals surface area contributed by atoms with Crippen molar-refractivity contribution in [3.63, 3.8) is 0 Å². The summed E-state index contributed by atoms with van der Waals surface area (Å²) in [7, 11) is 2.72. The standard InChI is InChI=1S/C20H26N4O4S/c1-15-6-11-18(28-5)19(12-15)29(26,27)24(4)14-20(25)22-21-13-16-7-9-17(10-8-16)23(2)3/h6-13H,14H2,1-5H3,(H,22,25)/b21-13+. The summed E-state index contributed by atoms with van der Waals surface area (Å²) in [5.74, 6) is -0.328. The Labute approximate surface area is 171 Å². The lowest BCUT2D eigenvalue weighted by Gasteiger charge is -2.18. The number of hydrogen-bond donors (Lipinski definition) is 1. The number of methoxy groups -OCH3 is 1. The highest BCUT2D eigenvalue weighted by molar-refractivity contribution is 7.89. The fourth-order valence-electron chi connectivity index (χ4n) is 2.51. The van der Waals surface area contributed by atoms with Crippen LogP contribution in [0.3, 0.4) is 0 Å². The minimum Gasteiger partial charge on any atom is -0.495 e. The number of likely N-dealkylation sites (N-methyl/N-ethyl adjacent to an activating group) is 1. The van der Waals surface area contributed by atoms with Crippen molar-refractivity contribution in [2.45, 2.75) is 11.8 Å². The third kappa shape index (κ3) is 5.78. The van der Waals surface area contributed by atoms with Gasteiger partial charge in [0.1, 0.15) is 10.6 Å². The lowest BCUT2D eigenvalue weighted by molar-refractivity contribution is -0.121. The van der Waals surface area contributed by atoms with Crippen molar-refractivity contribution in [3.05, 3.63) is 53.6 Å². The normalized spacial score (nSPS) is 11.7. The maximum atomic E-state index is 12.8. The van der Waals surface area contributed by atoms with Gasteiger partial charge in [-0.05, 0) is 42.3 Å². The number of hydrazone groups is 1. The quantitative estimate of drug-likeness (QED) is 0.522. The van der Waals surface area contributed by atoms with Gasteiger partial charge < -0.3 is 9.64 Å². The smallest absolute Gasteiger partial charge is 0.255 e. The van der Waals surface area contributed by atoms with Gasteiger partial charge in [0.25, 0.3) is 5.91 Å². The Morgan fingerprint density at radius 2 is 1.79 bits per heavy atom. The molecule has 0 radical (unpaired) electrons. The lowest BCUT2D eigenvalue weighted by atomic mass is 10.2. The van der Waals surface area contributed by atoms with Crippen molar-refractivity contribution in [1.82, 2.24) is 9.73 Å². The number of hydrogen-bond acceptors (Lipinski definition) is 6. The summed E-state index contributed by atoms with van der Waals surface area (Å²) in [4.78, 5) is 14.1. The molecule has 2 aromatic rings. The summed E-state index contributed by atoms with van der Waals surface area (Å²) in [5, 5.41) is 3.89. The molecule has 1 amide bonds. The first kappa shape index (κ1) is 22.4. The molecule has 0 aromatic heterocycles. The van der Waals surface area contributed by atoms with Crippen molar-refractivity contribution < 1.29 is 17.9 Å². The van der Waals surface area contributed by atoms with Crippen LogP contribution in [-0.4, -0.2) is 59.6 Å². The first-order valence-corrected chi connectivity index (χ1v) is 10.3. The van der Waals surface area contributed by atoms with Gasteiger partial charge in [0, 0.05) is 26.8 Å². The fourth-order valence-corrected chi connectivity index (χ4v) is 3.88. The van der Waals surface area contributed by atoms with E-state index in [1.165, 1.54) is 26.4 Å². The first-order chi connectivity index (χ1) is 13.6. The zero-order chi connectivity index (χ0) is 21.6. The van der Waals surface area contributed by atoms with Gasteiger partial charge in [0.2, 0.25) is 10.0 Å². The maximum absolute atomic E-state index is 12.8. The largest absolute Gasteiger partial charge is 0.495 e. The molecule has 0 heterocycles. The average Bonchev–Trinajstić information content (AvgIpc) is 2.68. The van der Waals surface area contributed by atoms with Crippen LogP contribution in [0.25, 0.3) is 0 Å². The number of sulfonamides is 1. The summed E-state index contributed by atoms with van der Waals surface area (Å²) in [6, 6.07) is 12.4. The van der Waals surface area contributed by atoms with E-state index in [1.54, 1.807) is 19.1 Å². The third-order valence-corrected chi connectivity index (χ3v) is 6.01. The molecule has 0 saturated heterocycles. The number of ether oxygens (including phenoxy) is 1. The van der Waals surface area contributed by atoms with Crippen molar-refractivity contribution in [1.29, 1.82) is 0 Å². The summed E-state index contributed by atoms with van der Waals surface area (Å²) in [6.45, 7) is 1.40. The van der Waals surface area contributed by atoms with Gasteiger partial charge in [-0.15, -0.1) is 0 Å². The Balaban J connectivity index is 2.02. The van der Waals surface area contributed by atoms with Crippen LogP contribution >= 0.6 is 0 Å². The molecular formula is C20H26N4O4S. The molecule has 0 aliphatic rings. The van der Waals surface area contributed by atoms with E-state index in [4.69, 9.17) is 4.74 Å². The van der Waals surface area contributed by atoms with E-state index >= 15 is 0 Å². The zero-order valence-electron chi connectivity index (χ0n) is 17.2. The molecular weight excluding hydrogens is 392 g/mol. The summed E-state index contributed by atoms with van der Waals surface area (Å²) < 4.78 is 31.7. The van der Waals surface area contributed by atoms with E-state index in [9.17, 15) is 13.2 Å². The van der Waals surface area contributed by atoms with E-state index in [0.717, 1.165) is 21.1 Å². The summed E-state index contributed by atoms with van der Waals surface area (Å²) in [5.41, 5.74) is 4.97.